The number of piperazine rings is 1. The molecule has 1 aromatic rings. The summed E-state index contributed by atoms with van der Waals surface area (Å²) in [4.78, 5) is 21.1. The third kappa shape index (κ3) is 6.48. The van der Waals surface area contributed by atoms with Crippen molar-refractivity contribution in [3.63, 3.8) is 0 Å². The van der Waals surface area contributed by atoms with E-state index in [-0.39, 0.29) is 5.91 Å². The van der Waals surface area contributed by atoms with E-state index in [0.29, 0.717) is 6.42 Å². The number of amides is 1. The van der Waals surface area contributed by atoms with Crippen molar-refractivity contribution < 1.29 is 4.79 Å². The number of carbonyl (C=O) groups is 1. The third-order valence-electron chi connectivity index (χ3n) is 4.62. The van der Waals surface area contributed by atoms with Crippen molar-refractivity contribution in [1.82, 2.24) is 9.88 Å². The van der Waals surface area contributed by atoms with E-state index >= 15 is 0 Å². The van der Waals surface area contributed by atoms with Gasteiger partial charge in [0.05, 0.1) is 11.9 Å². The Kier molecular flexibility index (Phi) is 8.02. The van der Waals surface area contributed by atoms with E-state index in [1.807, 2.05) is 12.1 Å². The van der Waals surface area contributed by atoms with E-state index in [2.05, 4.69) is 34.1 Å². The number of likely N-dealkylation sites (N-methyl/N-ethyl adjacent to an activating group) is 1. The van der Waals surface area contributed by atoms with E-state index in [1.54, 1.807) is 6.20 Å². The van der Waals surface area contributed by atoms with Gasteiger partial charge >= 0.3 is 0 Å². The summed E-state index contributed by atoms with van der Waals surface area (Å²) in [5.74, 6) is 1.09. The lowest BCUT2D eigenvalue weighted by Crippen LogP contribution is -2.44. The van der Waals surface area contributed by atoms with Crippen LogP contribution in [0.15, 0.2) is 18.3 Å². The van der Waals surface area contributed by atoms with Gasteiger partial charge in [-0.1, -0.05) is 39.0 Å². The monoisotopic (exact) mass is 332 g/mol. The van der Waals surface area contributed by atoms with Crippen LogP contribution in [0.25, 0.3) is 0 Å². The maximum Gasteiger partial charge on any atom is 0.224 e. The Hall–Kier alpha value is -1.62. The van der Waals surface area contributed by atoms with Crippen LogP contribution < -0.4 is 10.2 Å². The average molecular weight is 332 g/mol. The summed E-state index contributed by atoms with van der Waals surface area (Å²) < 4.78 is 0. The Morgan fingerprint density at radius 3 is 2.46 bits per heavy atom. The van der Waals surface area contributed by atoms with Crippen molar-refractivity contribution >= 4 is 17.4 Å². The molecule has 1 saturated heterocycles. The highest BCUT2D eigenvalue weighted by Crippen LogP contribution is 2.16. The van der Waals surface area contributed by atoms with E-state index < -0.39 is 0 Å². The van der Waals surface area contributed by atoms with Gasteiger partial charge in [-0.2, -0.15) is 0 Å². The Balaban J connectivity index is 1.68. The summed E-state index contributed by atoms with van der Waals surface area (Å²) in [7, 11) is 2.15. The number of hydrogen-bond acceptors (Lipinski definition) is 4. The van der Waals surface area contributed by atoms with Crippen LogP contribution in [0.2, 0.25) is 0 Å². The molecule has 0 spiro atoms. The molecule has 0 saturated carbocycles. The molecule has 0 aliphatic carbocycles. The van der Waals surface area contributed by atoms with Crippen LogP contribution in [-0.2, 0) is 4.79 Å². The molecular weight excluding hydrogens is 300 g/mol. The van der Waals surface area contributed by atoms with Crippen molar-refractivity contribution in [1.29, 1.82) is 0 Å². The number of rotatable bonds is 9. The van der Waals surface area contributed by atoms with Crippen molar-refractivity contribution in [2.75, 3.05) is 43.4 Å². The molecule has 5 heteroatoms. The van der Waals surface area contributed by atoms with Gasteiger partial charge in [-0.15, -0.1) is 0 Å². The first-order valence-corrected chi connectivity index (χ1v) is 9.38. The second kappa shape index (κ2) is 10.3. The van der Waals surface area contributed by atoms with Crippen molar-refractivity contribution in [3.8, 4) is 0 Å². The molecule has 1 fully saturated rings. The molecular formula is C19H32N4O. The van der Waals surface area contributed by atoms with Crippen molar-refractivity contribution in [2.45, 2.75) is 51.9 Å². The zero-order valence-corrected chi connectivity index (χ0v) is 15.3. The van der Waals surface area contributed by atoms with Gasteiger partial charge in [0.25, 0.3) is 0 Å². The van der Waals surface area contributed by atoms with Gasteiger partial charge in [0.1, 0.15) is 5.82 Å². The Morgan fingerprint density at radius 2 is 1.79 bits per heavy atom. The molecule has 134 valence electrons. The zero-order valence-electron chi connectivity index (χ0n) is 15.3. The quantitative estimate of drug-likeness (QED) is 0.703. The van der Waals surface area contributed by atoms with Crippen LogP contribution >= 0.6 is 0 Å². The van der Waals surface area contributed by atoms with Gasteiger partial charge < -0.3 is 15.1 Å². The lowest BCUT2D eigenvalue weighted by atomic mass is 10.1. The number of pyridine rings is 1. The number of nitrogens with zero attached hydrogens (tertiary/aromatic N) is 3. The highest BCUT2D eigenvalue weighted by molar-refractivity contribution is 5.90. The Labute approximate surface area is 146 Å². The minimum Gasteiger partial charge on any atom is -0.354 e. The summed E-state index contributed by atoms with van der Waals surface area (Å²) >= 11 is 0. The molecule has 1 aliphatic rings. The van der Waals surface area contributed by atoms with E-state index in [1.165, 1.54) is 25.7 Å². The summed E-state index contributed by atoms with van der Waals surface area (Å²) in [5, 5.41) is 2.95. The molecule has 1 N–H and O–H groups in total. The fourth-order valence-corrected chi connectivity index (χ4v) is 2.97. The minimum absolute atomic E-state index is 0.0969. The fraction of sp³-hybridized carbons (Fsp3) is 0.684. The third-order valence-corrected chi connectivity index (χ3v) is 4.62. The van der Waals surface area contributed by atoms with Gasteiger partial charge in [0, 0.05) is 32.6 Å². The van der Waals surface area contributed by atoms with Crippen LogP contribution in [0.4, 0.5) is 11.5 Å². The lowest BCUT2D eigenvalue weighted by Gasteiger charge is -2.33. The molecule has 0 radical (unpaired) electrons. The zero-order chi connectivity index (χ0) is 17.2. The smallest absolute Gasteiger partial charge is 0.224 e. The molecule has 5 nitrogen and oxygen atoms in total. The number of aromatic nitrogens is 1. The number of nitrogens with one attached hydrogen (secondary N) is 1. The van der Waals surface area contributed by atoms with Crippen LogP contribution in [0.1, 0.15) is 51.9 Å². The standard InChI is InChI=1S/C19H32N4O/c1-3-4-5-6-7-8-9-19(24)21-17-10-11-18(20-16-17)23-14-12-22(2)13-15-23/h10-11,16H,3-9,12-15H2,1-2H3,(H,21,24). The second-order valence-corrected chi connectivity index (χ2v) is 6.76. The molecule has 0 atom stereocenters. The average Bonchev–Trinajstić information content (AvgIpc) is 2.59. The van der Waals surface area contributed by atoms with Crippen LogP contribution in [0, 0.1) is 0 Å². The highest BCUT2D eigenvalue weighted by atomic mass is 16.1. The Bertz CT molecular complexity index is 481. The first-order chi connectivity index (χ1) is 11.7. The SMILES string of the molecule is CCCCCCCCC(=O)Nc1ccc(N2CCN(C)CC2)nc1. The fourth-order valence-electron chi connectivity index (χ4n) is 2.97. The summed E-state index contributed by atoms with van der Waals surface area (Å²) in [5.41, 5.74) is 0.795. The number of carbonyl (C=O) groups excluding carboxylic acids is 1. The van der Waals surface area contributed by atoms with E-state index in [0.717, 1.165) is 50.5 Å². The van der Waals surface area contributed by atoms with Crippen molar-refractivity contribution in [3.05, 3.63) is 18.3 Å². The molecule has 0 unspecified atom stereocenters. The van der Waals surface area contributed by atoms with Gasteiger partial charge in [-0.25, -0.2) is 4.98 Å². The predicted octanol–water partition coefficient (Wildman–Crippen LogP) is 3.52. The molecule has 2 heterocycles. The maximum atomic E-state index is 12.0. The second-order valence-electron chi connectivity index (χ2n) is 6.76. The van der Waals surface area contributed by atoms with Gasteiger partial charge in [0.15, 0.2) is 0 Å². The van der Waals surface area contributed by atoms with Crippen LogP contribution in [-0.4, -0.2) is 49.0 Å². The topological polar surface area (TPSA) is 48.5 Å². The van der Waals surface area contributed by atoms with Gasteiger partial charge in [-0.3, -0.25) is 4.79 Å². The van der Waals surface area contributed by atoms with Crippen LogP contribution in [0.5, 0.6) is 0 Å². The highest BCUT2D eigenvalue weighted by Gasteiger charge is 2.15. The number of hydrogen-bond donors (Lipinski definition) is 1. The molecule has 1 aromatic heterocycles. The Morgan fingerprint density at radius 1 is 1.08 bits per heavy atom. The molecule has 1 aliphatic heterocycles. The molecule has 0 bridgehead atoms. The van der Waals surface area contributed by atoms with E-state index in [4.69, 9.17) is 0 Å². The number of unbranched alkanes of at least 4 members (excludes halogenated alkanes) is 5. The molecule has 2 rings (SSSR count). The molecule has 1 amide bonds. The summed E-state index contributed by atoms with van der Waals surface area (Å²) in [6, 6.07) is 3.96. The first-order valence-electron chi connectivity index (χ1n) is 9.38. The summed E-state index contributed by atoms with van der Waals surface area (Å²) in [6.07, 6.45) is 9.59. The van der Waals surface area contributed by atoms with Crippen molar-refractivity contribution in [2.24, 2.45) is 0 Å². The minimum atomic E-state index is 0.0969. The number of anilines is 2. The van der Waals surface area contributed by atoms with E-state index in [9.17, 15) is 4.79 Å². The summed E-state index contributed by atoms with van der Waals surface area (Å²) in [6.45, 7) is 6.37. The normalized spacial score (nSPS) is 15.5. The van der Waals surface area contributed by atoms with Gasteiger partial charge in [-0.05, 0) is 25.6 Å². The molecule has 24 heavy (non-hydrogen) atoms. The van der Waals surface area contributed by atoms with Crippen LogP contribution in [0.3, 0.4) is 0 Å². The lowest BCUT2D eigenvalue weighted by molar-refractivity contribution is -0.116. The first kappa shape index (κ1) is 18.7. The largest absolute Gasteiger partial charge is 0.354 e. The maximum absolute atomic E-state index is 12.0. The predicted molar refractivity (Wildman–Crippen MR) is 101 cm³/mol. The molecule has 0 aromatic carbocycles. The van der Waals surface area contributed by atoms with Gasteiger partial charge in [0.2, 0.25) is 5.91 Å².